The van der Waals surface area contributed by atoms with Gasteiger partial charge in [-0.05, 0) is 12.1 Å². The molecule has 0 fully saturated rings. The van der Waals surface area contributed by atoms with Crippen molar-refractivity contribution in [1.82, 2.24) is 15.0 Å². The number of rotatable bonds is 2. The molecule has 0 aliphatic heterocycles. The second-order valence-corrected chi connectivity index (χ2v) is 3.69. The highest BCUT2D eigenvalue weighted by Crippen LogP contribution is 2.15. The monoisotopic (exact) mass is 197 g/mol. The van der Waals surface area contributed by atoms with E-state index in [1.165, 1.54) is 0 Å². The molecule has 3 nitrogen and oxygen atoms in total. The Morgan fingerprint density at radius 3 is 2.80 bits per heavy atom. The number of nitrogens with zero attached hydrogens (tertiary/aromatic N) is 3. The maximum atomic E-state index is 4.16. The molecule has 0 radical (unpaired) electrons. The molecule has 3 heteroatoms. The van der Waals surface area contributed by atoms with Gasteiger partial charge >= 0.3 is 0 Å². The zero-order chi connectivity index (χ0) is 10.1. The van der Waals surface area contributed by atoms with Crippen LogP contribution in [0.25, 0.3) is 11.0 Å². The highest BCUT2D eigenvalue weighted by Gasteiger charge is 2.08. The summed E-state index contributed by atoms with van der Waals surface area (Å²) in [6, 6.07) is 8.04. The lowest BCUT2D eigenvalue weighted by Crippen LogP contribution is -2.06. The van der Waals surface area contributed by atoms with Crippen molar-refractivity contribution in [2.75, 3.05) is 0 Å². The summed E-state index contributed by atoms with van der Waals surface area (Å²) in [5.74, 6) is 0.454. The van der Waals surface area contributed by atoms with Crippen LogP contribution >= 0.6 is 0 Å². The van der Waals surface area contributed by atoms with Gasteiger partial charge in [0.05, 0.1) is 12.1 Å². The Bertz CT molecular complexity index is 525. The molecular formula is C12H11N3. The molecule has 2 aromatic rings. The first-order chi connectivity index (χ1) is 7.43. The summed E-state index contributed by atoms with van der Waals surface area (Å²) in [7, 11) is 0. The Balaban J connectivity index is 1.97. The maximum absolute atomic E-state index is 4.16. The van der Waals surface area contributed by atoms with Gasteiger partial charge in [0.15, 0.2) is 0 Å². The van der Waals surface area contributed by atoms with Gasteiger partial charge < -0.3 is 0 Å². The van der Waals surface area contributed by atoms with Gasteiger partial charge in [-0.3, -0.25) is 0 Å². The average molecular weight is 197 g/mol. The van der Waals surface area contributed by atoms with Crippen molar-refractivity contribution in [3.63, 3.8) is 0 Å². The maximum Gasteiger partial charge on any atom is 0.113 e. The summed E-state index contributed by atoms with van der Waals surface area (Å²) in [4.78, 5) is 0. The number of hydrogen-bond acceptors (Lipinski definition) is 2. The molecule has 0 saturated carbocycles. The third-order valence-corrected chi connectivity index (χ3v) is 2.63. The van der Waals surface area contributed by atoms with Crippen LogP contribution in [0, 0.1) is 5.92 Å². The van der Waals surface area contributed by atoms with Crippen LogP contribution in [0.3, 0.4) is 0 Å². The molecule has 74 valence electrons. The molecule has 3 rings (SSSR count). The topological polar surface area (TPSA) is 30.7 Å². The van der Waals surface area contributed by atoms with Gasteiger partial charge in [-0.1, -0.05) is 41.7 Å². The molecule has 0 spiro atoms. The zero-order valence-electron chi connectivity index (χ0n) is 8.24. The molecule has 0 unspecified atom stereocenters. The Morgan fingerprint density at radius 2 is 1.93 bits per heavy atom. The molecule has 1 aliphatic carbocycles. The molecule has 1 aliphatic rings. The van der Waals surface area contributed by atoms with Gasteiger partial charge in [0.25, 0.3) is 0 Å². The van der Waals surface area contributed by atoms with E-state index in [9.17, 15) is 0 Å². The third kappa shape index (κ3) is 1.46. The lowest BCUT2D eigenvalue weighted by atomic mass is 10.2. The SMILES string of the molecule is C1=CC(Cn2nnc3ccccc32)C=C1. The number of hydrogen-bond donors (Lipinski definition) is 0. The first-order valence-electron chi connectivity index (χ1n) is 5.07. The number of aromatic nitrogens is 3. The average Bonchev–Trinajstić information content (AvgIpc) is 2.89. The van der Waals surface area contributed by atoms with Gasteiger partial charge in [-0.25, -0.2) is 4.68 Å². The zero-order valence-corrected chi connectivity index (χ0v) is 8.24. The fourth-order valence-corrected chi connectivity index (χ4v) is 1.85. The lowest BCUT2D eigenvalue weighted by molar-refractivity contribution is 0.554. The van der Waals surface area contributed by atoms with Crippen LogP contribution in [-0.4, -0.2) is 15.0 Å². The Morgan fingerprint density at radius 1 is 1.13 bits per heavy atom. The van der Waals surface area contributed by atoms with E-state index < -0.39 is 0 Å². The van der Waals surface area contributed by atoms with E-state index in [4.69, 9.17) is 0 Å². The van der Waals surface area contributed by atoms with Gasteiger partial charge in [-0.2, -0.15) is 0 Å². The number of benzene rings is 1. The molecule has 0 saturated heterocycles. The minimum atomic E-state index is 0.454. The summed E-state index contributed by atoms with van der Waals surface area (Å²) >= 11 is 0. The van der Waals surface area contributed by atoms with E-state index in [2.05, 4.69) is 40.7 Å². The van der Waals surface area contributed by atoms with Gasteiger partial charge in [0, 0.05) is 5.92 Å². The predicted molar refractivity (Wildman–Crippen MR) is 59.3 cm³/mol. The van der Waals surface area contributed by atoms with E-state index in [1.807, 2.05) is 22.9 Å². The van der Waals surface area contributed by atoms with Crippen LogP contribution in [0.1, 0.15) is 0 Å². The summed E-state index contributed by atoms with van der Waals surface area (Å²) < 4.78 is 1.96. The van der Waals surface area contributed by atoms with Crippen molar-refractivity contribution in [2.45, 2.75) is 6.54 Å². The smallest absolute Gasteiger partial charge is 0.113 e. The van der Waals surface area contributed by atoms with E-state index in [0.717, 1.165) is 17.6 Å². The second kappa shape index (κ2) is 3.35. The summed E-state index contributed by atoms with van der Waals surface area (Å²) in [6.07, 6.45) is 8.50. The van der Waals surface area contributed by atoms with E-state index in [-0.39, 0.29) is 0 Å². The largest absolute Gasteiger partial charge is 0.244 e. The highest BCUT2D eigenvalue weighted by molar-refractivity contribution is 5.73. The molecule has 0 amide bonds. The Kier molecular flexibility index (Phi) is 1.88. The van der Waals surface area contributed by atoms with Gasteiger partial charge in [0.1, 0.15) is 5.52 Å². The standard InChI is InChI=1S/C12H11N3/c1-2-6-10(5-1)9-15-12-8-4-3-7-11(12)13-14-15/h1-8,10H,9H2. The van der Waals surface area contributed by atoms with E-state index in [0.29, 0.717) is 5.92 Å². The number of para-hydroxylation sites is 1. The molecule has 1 heterocycles. The number of fused-ring (bicyclic) bond motifs is 1. The van der Waals surface area contributed by atoms with Crippen LogP contribution in [0.2, 0.25) is 0 Å². The van der Waals surface area contributed by atoms with Crippen molar-refractivity contribution in [3.8, 4) is 0 Å². The fourth-order valence-electron chi connectivity index (χ4n) is 1.85. The summed E-state index contributed by atoms with van der Waals surface area (Å²) in [5.41, 5.74) is 2.06. The van der Waals surface area contributed by atoms with E-state index in [1.54, 1.807) is 0 Å². The van der Waals surface area contributed by atoms with Crippen LogP contribution in [-0.2, 0) is 6.54 Å². The van der Waals surface area contributed by atoms with Crippen LogP contribution in [0.15, 0.2) is 48.6 Å². The minimum absolute atomic E-state index is 0.454. The first-order valence-corrected chi connectivity index (χ1v) is 5.07. The highest BCUT2D eigenvalue weighted by atomic mass is 15.4. The van der Waals surface area contributed by atoms with Crippen molar-refractivity contribution in [1.29, 1.82) is 0 Å². The van der Waals surface area contributed by atoms with Crippen LogP contribution in [0.4, 0.5) is 0 Å². The summed E-state index contributed by atoms with van der Waals surface area (Å²) in [6.45, 7) is 0.869. The van der Waals surface area contributed by atoms with Crippen molar-refractivity contribution >= 4 is 11.0 Å². The van der Waals surface area contributed by atoms with Gasteiger partial charge in [0.2, 0.25) is 0 Å². The molecule has 0 N–H and O–H groups in total. The molecule has 1 aromatic heterocycles. The van der Waals surface area contributed by atoms with Crippen LogP contribution < -0.4 is 0 Å². The quantitative estimate of drug-likeness (QED) is 0.738. The fraction of sp³-hybridized carbons (Fsp3) is 0.167. The lowest BCUT2D eigenvalue weighted by Gasteiger charge is -2.05. The molecule has 0 atom stereocenters. The third-order valence-electron chi connectivity index (χ3n) is 2.63. The molecular weight excluding hydrogens is 186 g/mol. The number of allylic oxidation sites excluding steroid dienone is 4. The van der Waals surface area contributed by atoms with Crippen molar-refractivity contribution in [2.24, 2.45) is 5.92 Å². The minimum Gasteiger partial charge on any atom is -0.244 e. The normalized spacial score (nSPS) is 15.5. The van der Waals surface area contributed by atoms with Crippen LogP contribution in [0.5, 0.6) is 0 Å². The van der Waals surface area contributed by atoms with E-state index >= 15 is 0 Å². The van der Waals surface area contributed by atoms with Gasteiger partial charge in [-0.15, -0.1) is 5.10 Å². The summed E-state index contributed by atoms with van der Waals surface area (Å²) in [5, 5.41) is 8.28. The van der Waals surface area contributed by atoms with Crippen molar-refractivity contribution < 1.29 is 0 Å². The molecule has 0 bridgehead atoms. The second-order valence-electron chi connectivity index (χ2n) is 3.69. The molecule has 15 heavy (non-hydrogen) atoms. The Labute approximate surface area is 87.7 Å². The first kappa shape index (κ1) is 8.41. The Hall–Kier alpha value is -1.90. The molecule has 1 aromatic carbocycles. The van der Waals surface area contributed by atoms with Crippen molar-refractivity contribution in [3.05, 3.63) is 48.6 Å². The predicted octanol–water partition coefficient (Wildman–Crippen LogP) is 2.17.